The lowest BCUT2D eigenvalue weighted by Gasteiger charge is -2.12. The number of benzene rings is 2. The van der Waals surface area contributed by atoms with Crippen molar-refractivity contribution in [2.24, 2.45) is 4.99 Å². The van der Waals surface area contributed by atoms with Gasteiger partial charge in [-0.1, -0.05) is 18.2 Å². The summed E-state index contributed by atoms with van der Waals surface area (Å²) in [5.41, 5.74) is 3.39. The van der Waals surface area contributed by atoms with Crippen molar-refractivity contribution < 1.29 is 24.2 Å². The summed E-state index contributed by atoms with van der Waals surface area (Å²) >= 11 is 0. The Morgan fingerprint density at radius 3 is 2.66 bits per heavy atom. The van der Waals surface area contributed by atoms with Crippen LogP contribution in [0.1, 0.15) is 21.5 Å². The summed E-state index contributed by atoms with van der Waals surface area (Å²) in [6.07, 6.45) is 3.04. The average molecular weight is 430 g/mol. The smallest absolute Gasteiger partial charge is 0.322 e. The molecular weight excluding hydrogens is 415 g/mol. The number of aliphatic carboxylic acids is 1. The second-order valence-electron chi connectivity index (χ2n) is 7.17. The Balaban J connectivity index is 1.82. The molecule has 0 unspecified atom stereocenters. The minimum Gasteiger partial charge on any atom is -0.508 e. The molecule has 158 valence electrons. The highest BCUT2D eigenvalue weighted by Gasteiger charge is 2.27. The number of aliphatic imine (C=N–C) groups is 1. The maximum absolute atomic E-state index is 14.8. The number of carbonyl (C=O) groups is 2. The molecule has 9 heteroatoms. The fourth-order valence-corrected chi connectivity index (χ4v) is 3.83. The van der Waals surface area contributed by atoms with E-state index >= 15 is 0 Å². The normalized spacial score (nSPS) is 12.1. The summed E-state index contributed by atoms with van der Waals surface area (Å²) in [5, 5.41) is 25.2. The van der Waals surface area contributed by atoms with Crippen molar-refractivity contribution >= 4 is 28.8 Å². The number of aromatic hydroxyl groups is 1. The largest absolute Gasteiger partial charge is 0.508 e. The van der Waals surface area contributed by atoms with Crippen LogP contribution in [0.2, 0.25) is 0 Å². The molecule has 32 heavy (non-hydrogen) atoms. The fraction of sp³-hybridized carbons (Fsp3) is 0.0435. The number of carbonyl (C=O) groups excluding carboxylic acids is 1. The molecule has 0 radical (unpaired) electrons. The molecule has 0 fully saturated rings. The van der Waals surface area contributed by atoms with Crippen molar-refractivity contribution in [1.82, 2.24) is 14.9 Å². The van der Waals surface area contributed by atoms with E-state index in [1.165, 1.54) is 18.3 Å². The summed E-state index contributed by atoms with van der Waals surface area (Å²) in [7, 11) is 0. The van der Waals surface area contributed by atoms with Gasteiger partial charge in [0.25, 0.3) is 5.91 Å². The van der Waals surface area contributed by atoms with Crippen LogP contribution in [0, 0.1) is 5.82 Å². The van der Waals surface area contributed by atoms with Gasteiger partial charge in [-0.05, 0) is 24.3 Å². The number of phenolic OH excluding ortho intramolecular Hbond substituents is 1. The number of nitrogens with one attached hydrogen (secondary N) is 1. The zero-order chi connectivity index (χ0) is 22.4. The summed E-state index contributed by atoms with van der Waals surface area (Å²) in [6, 6.07) is 12.7. The summed E-state index contributed by atoms with van der Waals surface area (Å²) in [6.45, 7) is -0.542. The van der Waals surface area contributed by atoms with Crippen molar-refractivity contribution in [3.8, 4) is 16.9 Å². The maximum atomic E-state index is 14.8. The van der Waals surface area contributed by atoms with Crippen LogP contribution in [-0.4, -0.2) is 44.0 Å². The van der Waals surface area contributed by atoms with Crippen LogP contribution in [0.5, 0.6) is 5.75 Å². The quantitative estimate of drug-likeness (QED) is 0.405. The van der Waals surface area contributed by atoms with Crippen LogP contribution in [-0.2, 0) is 4.79 Å². The maximum Gasteiger partial charge on any atom is 0.322 e. The van der Waals surface area contributed by atoms with E-state index in [9.17, 15) is 19.1 Å². The van der Waals surface area contributed by atoms with Crippen molar-refractivity contribution in [1.29, 1.82) is 0 Å². The molecule has 0 saturated heterocycles. The predicted molar refractivity (Wildman–Crippen MR) is 114 cm³/mol. The minimum atomic E-state index is -1.17. The molecule has 2 aromatic heterocycles. The molecular formula is C23H15FN4O4. The Bertz CT molecular complexity index is 1460. The van der Waals surface area contributed by atoms with Gasteiger partial charge in [0.2, 0.25) is 0 Å². The molecule has 3 heterocycles. The highest BCUT2D eigenvalue weighted by Crippen LogP contribution is 2.41. The highest BCUT2D eigenvalue weighted by molar-refractivity contribution is 6.22. The number of amides is 1. The number of fused-ring (bicyclic) bond motifs is 2. The zero-order valence-electron chi connectivity index (χ0n) is 16.4. The monoisotopic (exact) mass is 430 g/mol. The van der Waals surface area contributed by atoms with Crippen LogP contribution in [0.4, 0.5) is 10.1 Å². The molecule has 1 aliphatic rings. The third-order valence-electron chi connectivity index (χ3n) is 5.20. The van der Waals surface area contributed by atoms with Crippen molar-refractivity contribution in [3.63, 3.8) is 0 Å². The van der Waals surface area contributed by atoms with Gasteiger partial charge < -0.3 is 15.5 Å². The number of hydrogen-bond acceptors (Lipinski definition) is 5. The molecule has 5 rings (SSSR count). The molecule has 0 saturated carbocycles. The molecule has 4 aromatic rings. The van der Waals surface area contributed by atoms with Crippen LogP contribution in [0.25, 0.3) is 16.6 Å². The van der Waals surface area contributed by atoms with E-state index < -0.39 is 24.2 Å². The number of hydrogen-bond donors (Lipinski definition) is 3. The number of carboxylic acid groups (broad SMARTS) is 1. The zero-order valence-corrected chi connectivity index (χ0v) is 16.4. The van der Waals surface area contributed by atoms with Gasteiger partial charge in [-0.15, -0.1) is 0 Å². The first-order chi connectivity index (χ1) is 15.4. The van der Waals surface area contributed by atoms with Gasteiger partial charge in [-0.2, -0.15) is 5.10 Å². The van der Waals surface area contributed by atoms with Crippen molar-refractivity contribution in [2.75, 3.05) is 6.54 Å². The number of halogens is 1. The van der Waals surface area contributed by atoms with Crippen molar-refractivity contribution in [3.05, 3.63) is 83.4 Å². The Hall–Kier alpha value is -4.53. The third-order valence-corrected chi connectivity index (χ3v) is 5.20. The van der Waals surface area contributed by atoms with Gasteiger partial charge in [0.05, 0.1) is 28.7 Å². The van der Waals surface area contributed by atoms with Gasteiger partial charge in [-0.3, -0.25) is 9.59 Å². The minimum absolute atomic E-state index is 0.175. The lowest BCUT2D eigenvalue weighted by molar-refractivity contribution is -0.135. The van der Waals surface area contributed by atoms with Crippen LogP contribution >= 0.6 is 0 Å². The summed E-state index contributed by atoms with van der Waals surface area (Å²) in [5.74, 6) is -2.62. The van der Waals surface area contributed by atoms with Crippen LogP contribution in [0.15, 0.2) is 65.9 Å². The molecule has 1 amide bonds. The molecule has 0 bridgehead atoms. The molecule has 0 spiro atoms. The second kappa shape index (κ2) is 7.31. The highest BCUT2D eigenvalue weighted by atomic mass is 19.1. The Kier molecular flexibility index (Phi) is 4.44. The summed E-state index contributed by atoms with van der Waals surface area (Å²) in [4.78, 5) is 28.5. The number of aromatic nitrogens is 2. The average Bonchev–Trinajstić information content (AvgIpc) is 3.13. The molecule has 3 N–H and O–H groups in total. The van der Waals surface area contributed by atoms with Gasteiger partial charge in [0.15, 0.2) is 0 Å². The molecule has 1 aliphatic heterocycles. The lowest BCUT2D eigenvalue weighted by Crippen LogP contribution is -2.30. The van der Waals surface area contributed by atoms with Crippen LogP contribution < -0.4 is 5.32 Å². The topological polar surface area (TPSA) is 116 Å². The number of para-hydroxylation sites is 1. The van der Waals surface area contributed by atoms with Crippen LogP contribution in [0.3, 0.4) is 0 Å². The van der Waals surface area contributed by atoms with E-state index in [-0.39, 0.29) is 16.9 Å². The van der Waals surface area contributed by atoms with E-state index in [0.717, 1.165) is 6.07 Å². The molecule has 0 aliphatic carbocycles. The third kappa shape index (κ3) is 3.07. The van der Waals surface area contributed by atoms with E-state index in [4.69, 9.17) is 10.1 Å². The number of nitrogens with zero attached hydrogens (tertiary/aromatic N) is 3. The molecule has 2 aromatic carbocycles. The van der Waals surface area contributed by atoms with Gasteiger partial charge in [0, 0.05) is 34.5 Å². The summed E-state index contributed by atoms with van der Waals surface area (Å²) < 4.78 is 16.4. The SMILES string of the molecule is O=C(O)CNC(=O)c1cnn2ccc3c2c1-c1ccccc1N=C3c1ccc(O)cc1F. The van der Waals surface area contributed by atoms with E-state index in [0.29, 0.717) is 33.6 Å². The number of rotatable bonds is 4. The van der Waals surface area contributed by atoms with Crippen molar-refractivity contribution in [2.45, 2.75) is 0 Å². The van der Waals surface area contributed by atoms with Gasteiger partial charge in [0.1, 0.15) is 18.1 Å². The van der Waals surface area contributed by atoms with Gasteiger partial charge >= 0.3 is 5.97 Å². The van der Waals surface area contributed by atoms with E-state index in [2.05, 4.69) is 10.4 Å². The standard InChI is InChI=1S/C23H15FN4O4/c24-17-9-12(29)5-6-13(17)21-15-7-8-28-22(15)20(14-3-1-2-4-18(14)27-21)16(10-26-28)23(32)25-11-19(30)31/h1-10,29H,11H2,(H,25,32)(H,30,31). The molecule has 8 nitrogen and oxygen atoms in total. The number of phenols is 1. The second-order valence-corrected chi connectivity index (χ2v) is 7.17. The Morgan fingerprint density at radius 1 is 1.06 bits per heavy atom. The predicted octanol–water partition coefficient (Wildman–Crippen LogP) is 3.14. The Labute approximate surface area is 180 Å². The lowest BCUT2D eigenvalue weighted by atomic mass is 9.96. The number of carboxylic acids is 1. The van der Waals surface area contributed by atoms with Gasteiger partial charge in [-0.25, -0.2) is 13.9 Å². The first-order valence-corrected chi connectivity index (χ1v) is 9.61. The molecule has 0 atom stereocenters. The van der Waals surface area contributed by atoms with E-state index in [1.807, 2.05) is 0 Å². The first kappa shape index (κ1) is 19.4. The first-order valence-electron chi connectivity index (χ1n) is 9.61. The Morgan fingerprint density at radius 2 is 1.88 bits per heavy atom. The fourth-order valence-electron chi connectivity index (χ4n) is 3.83. The van der Waals surface area contributed by atoms with E-state index in [1.54, 1.807) is 41.0 Å².